The van der Waals surface area contributed by atoms with E-state index >= 15 is 0 Å². The van der Waals surface area contributed by atoms with E-state index in [4.69, 9.17) is 15.9 Å². The maximum absolute atomic E-state index is 13.9. The number of allylic oxidation sites excluding steroid dienone is 2. The largest absolute Gasteiger partial charge is 0.465 e. The summed E-state index contributed by atoms with van der Waals surface area (Å²) in [5.41, 5.74) is 4.47. The summed E-state index contributed by atoms with van der Waals surface area (Å²) in [5.74, 6) is -2.66. The van der Waals surface area contributed by atoms with E-state index in [2.05, 4.69) is 20.6 Å². The van der Waals surface area contributed by atoms with Crippen LogP contribution in [0.4, 0.5) is 16.0 Å². The molecule has 1 aliphatic rings. The third-order valence-corrected chi connectivity index (χ3v) is 5.14. The summed E-state index contributed by atoms with van der Waals surface area (Å²) >= 11 is 0. The zero-order valence-electron chi connectivity index (χ0n) is 18.3. The van der Waals surface area contributed by atoms with Gasteiger partial charge in [0.15, 0.2) is 17.0 Å². The number of amides is 1. The van der Waals surface area contributed by atoms with E-state index in [0.717, 1.165) is 0 Å². The number of Topliss-reactive ketones (excluding diaryl/α,β-unsaturated/α-hetero) is 1. The van der Waals surface area contributed by atoms with Gasteiger partial charge in [0.25, 0.3) is 0 Å². The number of ketones is 1. The van der Waals surface area contributed by atoms with Gasteiger partial charge in [-0.15, -0.1) is 0 Å². The first-order chi connectivity index (χ1) is 15.6. The Morgan fingerprint density at radius 1 is 1.33 bits per heavy atom. The summed E-state index contributed by atoms with van der Waals surface area (Å²) in [6.07, 6.45) is 1.19. The lowest BCUT2D eigenvalue weighted by Gasteiger charge is -2.20. The first-order valence-electron chi connectivity index (χ1n) is 10.0. The maximum Gasteiger partial charge on any atom is 0.326 e. The van der Waals surface area contributed by atoms with Gasteiger partial charge in [0.2, 0.25) is 5.91 Å². The van der Waals surface area contributed by atoms with Crippen molar-refractivity contribution in [2.24, 2.45) is 0 Å². The molecule has 0 saturated carbocycles. The summed E-state index contributed by atoms with van der Waals surface area (Å²) in [6.45, 7) is 4.34. The Balaban J connectivity index is 1.90. The number of nitrogens with two attached hydrogens (primary N) is 1. The molecule has 0 radical (unpaired) electrons. The van der Waals surface area contributed by atoms with Crippen molar-refractivity contribution < 1.29 is 23.5 Å². The van der Waals surface area contributed by atoms with Crippen LogP contribution in [-0.2, 0) is 31.1 Å². The minimum Gasteiger partial charge on any atom is -0.465 e. The van der Waals surface area contributed by atoms with Crippen molar-refractivity contribution in [3.8, 4) is 0 Å². The zero-order chi connectivity index (χ0) is 24.3. The van der Waals surface area contributed by atoms with Crippen LogP contribution in [-0.4, -0.2) is 39.9 Å². The molecule has 1 aromatic heterocycles. The number of ether oxygens (including phenoxy) is 1. The summed E-state index contributed by atoms with van der Waals surface area (Å²) < 4.78 is 18.9. The van der Waals surface area contributed by atoms with Gasteiger partial charge in [0.1, 0.15) is 23.2 Å². The molecule has 0 bridgehead atoms. The van der Waals surface area contributed by atoms with E-state index in [1.54, 1.807) is 25.1 Å². The molecule has 10 nitrogen and oxygen atoms in total. The number of benzene rings is 1. The van der Waals surface area contributed by atoms with Gasteiger partial charge < -0.3 is 21.1 Å². The number of hydrogen-bond acceptors (Lipinski definition) is 9. The van der Waals surface area contributed by atoms with Gasteiger partial charge in [0, 0.05) is 19.0 Å². The molecular weight excluding hydrogens is 431 g/mol. The van der Waals surface area contributed by atoms with E-state index in [-0.39, 0.29) is 47.6 Å². The summed E-state index contributed by atoms with van der Waals surface area (Å²) in [5, 5.41) is 13.6. The van der Waals surface area contributed by atoms with Gasteiger partial charge in [-0.25, -0.2) is 14.4 Å². The molecule has 1 unspecified atom stereocenters. The molecule has 2 aromatic rings. The fourth-order valence-electron chi connectivity index (χ4n) is 3.32. The van der Waals surface area contributed by atoms with E-state index in [0.29, 0.717) is 5.56 Å². The first kappa shape index (κ1) is 23.5. The Hall–Kier alpha value is -4.15. The number of nitrogen functional groups attached to an aromatic ring is 1. The van der Waals surface area contributed by atoms with Crippen molar-refractivity contribution in [3.63, 3.8) is 0 Å². The fourth-order valence-corrected chi connectivity index (χ4v) is 3.32. The van der Waals surface area contributed by atoms with Crippen molar-refractivity contribution in [2.75, 3.05) is 17.7 Å². The molecule has 11 heteroatoms. The van der Waals surface area contributed by atoms with Crippen molar-refractivity contribution >= 4 is 35.0 Å². The highest BCUT2D eigenvalue weighted by Crippen LogP contribution is 2.40. The molecular formula is C22H23FN6O4. The topological polar surface area (TPSA) is 160 Å². The number of nitrogens with zero attached hydrogens (tertiary/aromatic N) is 2. The Kier molecular flexibility index (Phi) is 6.52. The normalized spacial score (nSPS) is 17.2. The SMILES string of the molecule is CCOC(=O)C1(C)C(=O)Nc2nc(C(=N)/C=C(\NCc3ccccc3F)C(C)=O)nc(N)c21. The van der Waals surface area contributed by atoms with Gasteiger partial charge in [-0.3, -0.25) is 19.8 Å². The average molecular weight is 454 g/mol. The quantitative estimate of drug-likeness (QED) is 0.202. The lowest BCUT2D eigenvalue weighted by Crippen LogP contribution is -2.41. The van der Waals surface area contributed by atoms with Crippen LogP contribution >= 0.6 is 0 Å². The number of aromatic nitrogens is 2. The predicted molar refractivity (Wildman–Crippen MR) is 118 cm³/mol. The number of carbonyl (C=O) groups excluding carboxylic acids is 3. The average Bonchev–Trinajstić information content (AvgIpc) is 3.03. The van der Waals surface area contributed by atoms with Crippen LogP contribution in [0.15, 0.2) is 36.0 Å². The highest BCUT2D eigenvalue weighted by Gasteiger charge is 2.53. The van der Waals surface area contributed by atoms with Crippen molar-refractivity contribution in [3.05, 3.63) is 58.8 Å². The summed E-state index contributed by atoms with van der Waals surface area (Å²) in [4.78, 5) is 45.2. The number of hydrogen-bond donors (Lipinski definition) is 4. The zero-order valence-corrected chi connectivity index (χ0v) is 18.3. The van der Waals surface area contributed by atoms with Gasteiger partial charge in [0.05, 0.1) is 17.9 Å². The molecule has 0 fully saturated rings. The molecule has 0 saturated heterocycles. The van der Waals surface area contributed by atoms with E-state index in [1.165, 1.54) is 26.0 Å². The van der Waals surface area contributed by atoms with Crippen molar-refractivity contribution in [2.45, 2.75) is 32.7 Å². The third-order valence-electron chi connectivity index (χ3n) is 5.14. The van der Waals surface area contributed by atoms with Crippen LogP contribution in [0.5, 0.6) is 0 Å². The van der Waals surface area contributed by atoms with Gasteiger partial charge in [-0.1, -0.05) is 18.2 Å². The smallest absolute Gasteiger partial charge is 0.326 e. The lowest BCUT2D eigenvalue weighted by atomic mass is 9.84. The van der Waals surface area contributed by atoms with E-state index < -0.39 is 28.9 Å². The second-order valence-corrected chi connectivity index (χ2v) is 7.43. The highest BCUT2D eigenvalue weighted by molar-refractivity contribution is 6.20. The molecule has 33 heavy (non-hydrogen) atoms. The highest BCUT2D eigenvalue weighted by atomic mass is 19.1. The monoisotopic (exact) mass is 454 g/mol. The Morgan fingerprint density at radius 3 is 2.67 bits per heavy atom. The number of esters is 1. The molecule has 0 aliphatic carbocycles. The first-order valence-corrected chi connectivity index (χ1v) is 10.0. The summed E-state index contributed by atoms with van der Waals surface area (Å²) in [7, 11) is 0. The molecule has 5 N–H and O–H groups in total. The van der Waals surface area contributed by atoms with Crippen molar-refractivity contribution in [1.29, 1.82) is 5.41 Å². The van der Waals surface area contributed by atoms with Gasteiger partial charge in [-0.2, -0.15) is 0 Å². The van der Waals surface area contributed by atoms with Crippen LogP contribution < -0.4 is 16.4 Å². The molecule has 3 rings (SSSR count). The molecule has 0 spiro atoms. The third kappa shape index (κ3) is 4.43. The van der Waals surface area contributed by atoms with Crippen LogP contribution in [0, 0.1) is 11.2 Å². The van der Waals surface area contributed by atoms with E-state index in [1.807, 2.05) is 0 Å². The van der Waals surface area contributed by atoms with Crippen LogP contribution in [0.2, 0.25) is 0 Å². The molecule has 1 aliphatic heterocycles. The minimum atomic E-state index is -1.72. The standard InChI is InChI=1S/C22H23FN6O4/c1-4-33-21(32)22(3)16-17(25)27-18(28-19(16)29-20(22)31)14(24)9-15(11(2)30)26-10-12-7-5-6-8-13(12)23/h5-9,24,26H,4,10H2,1-3H3,(H3,25,27,28,29,31)/b15-9-,24-14?. The Labute approximate surface area is 189 Å². The number of fused-ring (bicyclic) bond motifs is 1. The predicted octanol–water partition coefficient (Wildman–Crippen LogP) is 1.60. The van der Waals surface area contributed by atoms with Crippen molar-refractivity contribution in [1.82, 2.24) is 15.3 Å². The molecule has 172 valence electrons. The van der Waals surface area contributed by atoms with Crippen LogP contribution in [0.25, 0.3) is 0 Å². The molecule has 2 heterocycles. The number of nitrogens with one attached hydrogen (secondary N) is 3. The van der Waals surface area contributed by atoms with Gasteiger partial charge >= 0.3 is 5.97 Å². The van der Waals surface area contributed by atoms with E-state index in [9.17, 15) is 18.8 Å². The molecule has 1 aromatic carbocycles. The fraction of sp³-hybridized carbons (Fsp3) is 0.273. The van der Waals surface area contributed by atoms with Crippen LogP contribution in [0.3, 0.4) is 0 Å². The second kappa shape index (κ2) is 9.15. The molecule has 1 amide bonds. The summed E-state index contributed by atoms with van der Waals surface area (Å²) in [6, 6.07) is 6.09. The number of halogens is 1. The Morgan fingerprint density at radius 2 is 2.03 bits per heavy atom. The lowest BCUT2D eigenvalue weighted by molar-refractivity contribution is -0.152. The van der Waals surface area contributed by atoms with Crippen LogP contribution in [0.1, 0.15) is 37.7 Å². The number of anilines is 2. The molecule has 1 atom stereocenters. The number of carbonyl (C=O) groups is 3. The minimum absolute atomic E-state index is 0.0140. The van der Waals surface area contributed by atoms with Gasteiger partial charge in [-0.05, 0) is 26.0 Å². The second-order valence-electron chi connectivity index (χ2n) is 7.43. The number of rotatable bonds is 8. The maximum atomic E-state index is 13.9. The Bertz CT molecular complexity index is 1200.